The van der Waals surface area contributed by atoms with E-state index in [1.807, 2.05) is 55.6 Å². The Kier molecular flexibility index (Phi) is 6.52. The van der Waals surface area contributed by atoms with Crippen molar-refractivity contribution in [3.63, 3.8) is 0 Å². The zero-order valence-corrected chi connectivity index (χ0v) is 20.6. The van der Waals surface area contributed by atoms with Gasteiger partial charge in [-0.2, -0.15) is 0 Å². The van der Waals surface area contributed by atoms with Crippen LogP contribution in [0.4, 0.5) is 5.82 Å². The molecule has 2 aliphatic rings. The van der Waals surface area contributed by atoms with Crippen LogP contribution in [-0.4, -0.2) is 37.6 Å². The monoisotopic (exact) mass is 490 g/mol. The first-order chi connectivity index (χ1) is 16.5. The van der Waals surface area contributed by atoms with Gasteiger partial charge in [0.2, 0.25) is 0 Å². The van der Waals surface area contributed by atoms with Gasteiger partial charge in [0.25, 0.3) is 11.5 Å². The van der Waals surface area contributed by atoms with Gasteiger partial charge in [-0.15, -0.1) is 0 Å². The molecule has 3 aromatic rings. The van der Waals surface area contributed by atoms with Gasteiger partial charge in [-0.25, -0.2) is 4.98 Å². The van der Waals surface area contributed by atoms with E-state index >= 15 is 0 Å². The Bertz CT molecular complexity index is 1330. The predicted octanol–water partition coefficient (Wildman–Crippen LogP) is 4.86. The van der Waals surface area contributed by atoms with Crippen LogP contribution in [0.2, 0.25) is 0 Å². The summed E-state index contributed by atoms with van der Waals surface area (Å²) in [5, 5.41) is 0. The molecule has 34 heavy (non-hydrogen) atoms. The second kappa shape index (κ2) is 9.72. The molecule has 174 valence electrons. The highest BCUT2D eigenvalue weighted by Gasteiger charge is 2.33. The molecule has 1 aliphatic carbocycles. The van der Waals surface area contributed by atoms with Crippen LogP contribution in [0.5, 0.6) is 0 Å². The van der Waals surface area contributed by atoms with E-state index in [1.54, 1.807) is 17.2 Å². The number of benzene rings is 1. The van der Waals surface area contributed by atoms with Gasteiger partial charge in [0.1, 0.15) is 15.8 Å². The van der Waals surface area contributed by atoms with Crippen LogP contribution < -0.4 is 10.5 Å². The number of thioether (sulfide) groups is 1. The largest absolute Gasteiger partial charge is 0.356 e. The Morgan fingerprint density at radius 3 is 2.59 bits per heavy atom. The number of amides is 1. The first-order valence-electron chi connectivity index (χ1n) is 11.6. The summed E-state index contributed by atoms with van der Waals surface area (Å²) in [5.74, 6) is 0.444. The molecule has 0 N–H and O–H groups in total. The van der Waals surface area contributed by atoms with Gasteiger partial charge in [-0.05, 0) is 36.6 Å². The molecule has 1 aliphatic heterocycles. The molecule has 1 saturated heterocycles. The number of carbonyl (C=O) groups is 1. The fraction of sp³-hybridized carbons (Fsp3) is 0.308. The van der Waals surface area contributed by atoms with E-state index in [2.05, 4.69) is 4.90 Å². The molecule has 2 fully saturated rings. The second-order valence-corrected chi connectivity index (χ2v) is 10.4. The van der Waals surface area contributed by atoms with Crippen LogP contribution in [-0.2, 0) is 11.3 Å². The first kappa shape index (κ1) is 22.8. The highest BCUT2D eigenvalue weighted by molar-refractivity contribution is 8.26. The molecule has 0 radical (unpaired) electrons. The number of hydrogen-bond acceptors (Lipinski definition) is 6. The zero-order valence-electron chi connectivity index (χ0n) is 19.0. The number of nitrogens with zero attached hydrogens (tertiary/aromatic N) is 4. The van der Waals surface area contributed by atoms with Crippen molar-refractivity contribution in [3.8, 4) is 0 Å². The first-order valence-corrected chi connectivity index (χ1v) is 12.8. The molecular weight excluding hydrogens is 464 g/mol. The van der Waals surface area contributed by atoms with Crippen molar-refractivity contribution >= 4 is 51.7 Å². The smallest absolute Gasteiger partial charge is 0.267 e. The molecule has 1 saturated carbocycles. The minimum atomic E-state index is -0.184. The average Bonchev–Trinajstić information content (AvgIpc) is 3.13. The van der Waals surface area contributed by atoms with E-state index in [9.17, 15) is 9.59 Å². The van der Waals surface area contributed by atoms with Gasteiger partial charge in [0.15, 0.2) is 0 Å². The van der Waals surface area contributed by atoms with Crippen molar-refractivity contribution in [1.29, 1.82) is 0 Å². The van der Waals surface area contributed by atoms with Gasteiger partial charge in [-0.3, -0.25) is 18.9 Å². The van der Waals surface area contributed by atoms with E-state index in [4.69, 9.17) is 17.2 Å². The lowest BCUT2D eigenvalue weighted by molar-refractivity contribution is -0.122. The third kappa shape index (κ3) is 4.40. The summed E-state index contributed by atoms with van der Waals surface area (Å²) in [6.45, 7) is 0.409. The Morgan fingerprint density at radius 2 is 1.82 bits per heavy atom. The molecule has 0 bridgehead atoms. The van der Waals surface area contributed by atoms with Crippen LogP contribution in [0.15, 0.2) is 64.4 Å². The number of aromatic nitrogens is 2. The number of pyridine rings is 1. The second-order valence-electron chi connectivity index (χ2n) is 8.74. The fourth-order valence-corrected chi connectivity index (χ4v) is 5.90. The number of hydrogen-bond donors (Lipinski definition) is 0. The number of anilines is 1. The van der Waals surface area contributed by atoms with Gasteiger partial charge in [-0.1, -0.05) is 79.6 Å². The van der Waals surface area contributed by atoms with Gasteiger partial charge >= 0.3 is 0 Å². The van der Waals surface area contributed by atoms with Gasteiger partial charge in [0, 0.05) is 19.3 Å². The average molecular weight is 491 g/mol. The minimum absolute atomic E-state index is 0.178. The third-order valence-electron chi connectivity index (χ3n) is 6.54. The summed E-state index contributed by atoms with van der Waals surface area (Å²) in [6, 6.07) is 15.6. The third-order valence-corrected chi connectivity index (χ3v) is 7.92. The van der Waals surface area contributed by atoms with Crippen LogP contribution >= 0.6 is 24.0 Å². The molecule has 3 heterocycles. The van der Waals surface area contributed by atoms with Crippen molar-refractivity contribution < 1.29 is 4.79 Å². The van der Waals surface area contributed by atoms with Crippen molar-refractivity contribution in [3.05, 3.63) is 81.1 Å². The topological polar surface area (TPSA) is 57.9 Å². The summed E-state index contributed by atoms with van der Waals surface area (Å²) < 4.78 is 2.03. The summed E-state index contributed by atoms with van der Waals surface area (Å²) in [6.07, 6.45) is 9.15. The van der Waals surface area contributed by atoms with Gasteiger partial charge < -0.3 is 4.90 Å². The molecular formula is C26H26N4O2S2. The van der Waals surface area contributed by atoms with Crippen molar-refractivity contribution in [2.24, 2.45) is 0 Å². The maximum Gasteiger partial charge on any atom is 0.267 e. The predicted molar refractivity (Wildman–Crippen MR) is 142 cm³/mol. The Morgan fingerprint density at radius 1 is 1.09 bits per heavy atom. The summed E-state index contributed by atoms with van der Waals surface area (Å²) in [4.78, 5) is 35.9. The van der Waals surface area contributed by atoms with Crippen LogP contribution in [0.1, 0.15) is 43.2 Å². The Hall–Kier alpha value is -2.97. The number of carbonyl (C=O) groups excluding carboxylic acids is 1. The quantitative estimate of drug-likeness (QED) is 0.376. The maximum atomic E-state index is 13.6. The van der Waals surface area contributed by atoms with Crippen molar-refractivity contribution in [2.45, 2.75) is 44.7 Å². The normalized spacial score (nSPS) is 18.3. The lowest BCUT2D eigenvalue weighted by Gasteiger charge is -2.33. The molecule has 0 spiro atoms. The fourth-order valence-electron chi connectivity index (χ4n) is 4.66. The zero-order chi connectivity index (χ0) is 23.7. The Balaban J connectivity index is 1.56. The summed E-state index contributed by atoms with van der Waals surface area (Å²) >= 11 is 6.76. The SMILES string of the molecule is CN(c1nc2ccccn2c(=O)c1/C=C1/SC(=S)N(Cc2ccccc2)C1=O)C1CCCCC1. The van der Waals surface area contributed by atoms with E-state index in [1.165, 1.54) is 35.4 Å². The lowest BCUT2D eigenvalue weighted by Crippen LogP contribution is -2.36. The van der Waals surface area contributed by atoms with E-state index in [-0.39, 0.29) is 11.5 Å². The van der Waals surface area contributed by atoms with E-state index in [0.717, 1.165) is 18.4 Å². The standard InChI is InChI=1S/C26H26N4O2S2/c1-28(19-12-6-3-7-13-19)23-20(24(31)29-15-9-8-14-22(29)27-23)16-21-25(32)30(26(33)34-21)17-18-10-4-2-5-11-18/h2,4-5,8-11,14-16,19H,3,6-7,12-13,17H2,1H3/b21-16+. The molecule has 1 aromatic carbocycles. The molecule has 5 rings (SSSR count). The number of rotatable bonds is 5. The number of thiocarbonyl (C=S) groups is 1. The minimum Gasteiger partial charge on any atom is -0.356 e. The lowest BCUT2D eigenvalue weighted by atomic mass is 9.94. The van der Waals surface area contributed by atoms with Crippen LogP contribution in [0, 0.1) is 0 Å². The Labute approximate surface area is 208 Å². The summed E-state index contributed by atoms with van der Waals surface area (Å²) in [7, 11) is 2.01. The molecule has 1 amide bonds. The molecule has 6 nitrogen and oxygen atoms in total. The molecule has 0 atom stereocenters. The molecule has 2 aromatic heterocycles. The number of fused-ring (bicyclic) bond motifs is 1. The molecule has 8 heteroatoms. The van der Waals surface area contributed by atoms with Crippen LogP contribution in [0.3, 0.4) is 0 Å². The molecule has 0 unspecified atom stereocenters. The highest BCUT2D eigenvalue weighted by atomic mass is 32.2. The van der Waals surface area contributed by atoms with E-state index in [0.29, 0.717) is 38.8 Å². The summed E-state index contributed by atoms with van der Waals surface area (Å²) in [5.41, 5.74) is 1.85. The van der Waals surface area contributed by atoms with Gasteiger partial charge in [0.05, 0.1) is 17.0 Å². The van der Waals surface area contributed by atoms with Crippen molar-refractivity contribution in [2.75, 3.05) is 11.9 Å². The maximum absolute atomic E-state index is 13.6. The van der Waals surface area contributed by atoms with Crippen molar-refractivity contribution in [1.82, 2.24) is 14.3 Å². The van der Waals surface area contributed by atoms with Crippen LogP contribution in [0.25, 0.3) is 11.7 Å². The highest BCUT2D eigenvalue weighted by Crippen LogP contribution is 2.35. The van der Waals surface area contributed by atoms with E-state index < -0.39 is 0 Å².